The Morgan fingerprint density at radius 2 is 2.04 bits per heavy atom. The number of amides is 1. The number of nitrogens with one attached hydrogen (secondary N) is 2. The third-order valence-corrected chi connectivity index (χ3v) is 3.28. The van der Waals surface area contributed by atoms with Gasteiger partial charge in [-0.1, -0.05) is 35.6 Å². The minimum atomic E-state index is -0.538. The Balaban J connectivity index is 1.81. The van der Waals surface area contributed by atoms with Crippen molar-refractivity contribution in [1.82, 2.24) is 14.9 Å². The van der Waals surface area contributed by atoms with Crippen LogP contribution >= 0.6 is 11.6 Å². The number of benzene rings is 1. The SMILES string of the molecule is O=C(CCn1ccc(=O)[nH]c1=O)NCC#Cc1ccccc1Cl. The molecule has 1 heterocycles. The molecule has 118 valence electrons. The maximum atomic E-state index is 11.7. The zero-order chi connectivity index (χ0) is 16.7. The van der Waals surface area contributed by atoms with E-state index in [9.17, 15) is 14.4 Å². The summed E-state index contributed by atoms with van der Waals surface area (Å²) in [5.41, 5.74) is -0.308. The van der Waals surface area contributed by atoms with E-state index in [1.165, 1.54) is 16.8 Å². The van der Waals surface area contributed by atoms with Crippen LogP contribution in [0.15, 0.2) is 46.1 Å². The van der Waals surface area contributed by atoms with Crippen LogP contribution in [-0.4, -0.2) is 22.0 Å². The highest BCUT2D eigenvalue weighted by molar-refractivity contribution is 6.31. The smallest absolute Gasteiger partial charge is 0.328 e. The van der Waals surface area contributed by atoms with Gasteiger partial charge in [-0.2, -0.15) is 0 Å². The van der Waals surface area contributed by atoms with Gasteiger partial charge < -0.3 is 9.88 Å². The van der Waals surface area contributed by atoms with Gasteiger partial charge in [-0.3, -0.25) is 14.6 Å². The minimum Gasteiger partial charge on any atom is -0.345 e. The fraction of sp³-hybridized carbons (Fsp3) is 0.188. The van der Waals surface area contributed by atoms with Crippen LogP contribution in [0.2, 0.25) is 5.02 Å². The Morgan fingerprint density at radius 3 is 2.78 bits per heavy atom. The van der Waals surface area contributed by atoms with Crippen LogP contribution in [-0.2, 0) is 11.3 Å². The first-order valence-electron chi connectivity index (χ1n) is 6.86. The Bertz CT molecular complexity index is 874. The number of nitrogens with zero attached hydrogens (tertiary/aromatic N) is 1. The molecule has 0 aliphatic heterocycles. The maximum Gasteiger partial charge on any atom is 0.328 e. The molecular weight excluding hydrogens is 318 g/mol. The van der Waals surface area contributed by atoms with Gasteiger partial charge in [0.15, 0.2) is 0 Å². The van der Waals surface area contributed by atoms with E-state index in [4.69, 9.17) is 11.6 Å². The molecule has 0 saturated carbocycles. The summed E-state index contributed by atoms with van der Waals surface area (Å²) >= 11 is 5.96. The first kappa shape index (κ1) is 16.6. The average Bonchev–Trinajstić information content (AvgIpc) is 2.52. The van der Waals surface area contributed by atoms with Crippen molar-refractivity contribution in [3.63, 3.8) is 0 Å². The average molecular weight is 332 g/mol. The van der Waals surface area contributed by atoms with E-state index >= 15 is 0 Å². The van der Waals surface area contributed by atoms with Gasteiger partial charge in [-0.05, 0) is 12.1 Å². The Hall–Kier alpha value is -2.78. The lowest BCUT2D eigenvalue weighted by Gasteiger charge is -2.04. The largest absolute Gasteiger partial charge is 0.345 e. The fourth-order valence-electron chi connectivity index (χ4n) is 1.78. The number of hydrogen-bond donors (Lipinski definition) is 2. The summed E-state index contributed by atoms with van der Waals surface area (Å²) in [5.74, 6) is 5.43. The minimum absolute atomic E-state index is 0.111. The number of aryl methyl sites for hydroxylation is 1. The topological polar surface area (TPSA) is 84.0 Å². The van der Waals surface area contributed by atoms with Crippen LogP contribution in [0.25, 0.3) is 0 Å². The van der Waals surface area contributed by atoms with Gasteiger partial charge in [0.25, 0.3) is 5.56 Å². The summed E-state index contributed by atoms with van der Waals surface area (Å²) in [5, 5.41) is 3.19. The molecule has 2 N–H and O–H groups in total. The van der Waals surface area contributed by atoms with Gasteiger partial charge in [-0.15, -0.1) is 0 Å². The van der Waals surface area contributed by atoms with Gasteiger partial charge in [-0.25, -0.2) is 4.79 Å². The maximum absolute atomic E-state index is 11.7. The van der Waals surface area contributed by atoms with Crippen molar-refractivity contribution in [3.05, 3.63) is 68.0 Å². The number of rotatable bonds is 4. The van der Waals surface area contributed by atoms with Crippen molar-refractivity contribution in [2.45, 2.75) is 13.0 Å². The molecule has 1 amide bonds. The molecule has 0 unspecified atom stereocenters. The van der Waals surface area contributed by atoms with Crippen molar-refractivity contribution in [2.75, 3.05) is 6.54 Å². The van der Waals surface area contributed by atoms with Crippen LogP contribution in [0.5, 0.6) is 0 Å². The molecule has 0 atom stereocenters. The van der Waals surface area contributed by atoms with Crippen LogP contribution in [0.4, 0.5) is 0 Å². The number of halogens is 1. The number of aromatic amines is 1. The molecule has 7 heteroatoms. The predicted molar refractivity (Wildman–Crippen MR) is 87.3 cm³/mol. The molecule has 2 aromatic rings. The van der Waals surface area contributed by atoms with Crippen LogP contribution in [0.1, 0.15) is 12.0 Å². The molecule has 1 aromatic carbocycles. The second-order valence-electron chi connectivity index (χ2n) is 4.61. The zero-order valence-corrected chi connectivity index (χ0v) is 12.9. The van der Waals surface area contributed by atoms with Crippen LogP contribution < -0.4 is 16.6 Å². The molecule has 0 aliphatic rings. The first-order valence-corrected chi connectivity index (χ1v) is 7.24. The lowest BCUT2D eigenvalue weighted by atomic mass is 10.2. The Labute approximate surface area is 137 Å². The Kier molecular flexibility index (Phi) is 5.78. The summed E-state index contributed by atoms with van der Waals surface area (Å²) < 4.78 is 1.26. The normalized spacial score (nSPS) is 9.78. The second-order valence-corrected chi connectivity index (χ2v) is 5.02. The zero-order valence-electron chi connectivity index (χ0n) is 12.1. The van der Waals surface area contributed by atoms with E-state index in [-0.39, 0.29) is 25.4 Å². The van der Waals surface area contributed by atoms with E-state index in [0.717, 1.165) is 0 Å². The molecule has 1 aromatic heterocycles. The highest BCUT2D eigenvalue weighted by Crippen LogP contribution is 2.12. The fourth-order valence-corrected chi connectivity index (χ4v) is 1.96. The summed E-state index contributed by atoms with van der Waals surface area (Å²) in [6, 6.07) is 8.41. The highest BCUT2D eigenvalue weighted by Gasteiger charge is 2.02. The number of hydrogen-bond acceptors (Lipinski definition) is 3. The summed E-state index contributed by atoms with van der Waals surface area (Å²) in [7, 11) is 0. The predicted octanol–water partition coefficient (Wildman–Crippen LogP) is 0.748. The van der Waals surface area contributed by atoms with Crippen molar-refractivity contribution in [1.29, 1.82) is 0 Å². The molecule has 0 radical (unpaired) electrons. The Morgan fingerprint density at radius 1 is 1.26 bits per heavy atom. The standard InChI is InChI=1S/C16H14ClN3O3/c17-13-6-2-1-4-12(13)5-3-9-18-14(21)7-10-20-11-8-15(22)19-16(20)23/h1-2,4,6,8,11H,7,9-10H2,(H,18,21)(H,19,22,23). The molecule has 0 fully saturated rings. The lowest BCUT2D eigenvalue weighted by molar-refractivity contribution is -0.121. The monoisotopic (exact) mass is 331 g/mol. The van der Waals surface area contributed by atoms with E-state index in [1.54, 1.807) is 12.1 Å². The van der Waals surface area contributed by atoms with Gasteiger partial charge >= 0.3 is 5.69 Å². The quantitative estimate of drug-likeness (QED) is 0.811. The molecule has 0 aliphatic carbocycles. The van der Waals surface area contributed by atoms with Crippen molar-refractivity contribution >= 4 is 17.5 Å². The summed E-state index contributed by atoms with van der Waals surface area (Å²) in [6.07, 6.45) is 1.46. The highest BCUT2D eigenvalue weighted by atomic mass is 35.5. The first-order chi connectivity index (χ1) is 11.1. The number of H-pyrrole nitrogens is 1. The number of aromatic nitrogens is 2. The van der Waals surface area contributed by atoms with Gasteiger partial charge in [0, 0.05) is 30.8 Å². The van der Waals surface area contributed by atoms with Gasteiger partial charge in [0.1, 0.15) is 0 Å². The number of carbonyl (C=O) groups is 1. The molecule has 0 bridgehead atoms. The summed E-state index contributed by atoms with van der Waals surface area (Å²) in [4.78, 5) is 36.2. The van der Waals surface area contributed by atoms with Crippen molar-refractivity contribution in [3.8, 4) is 11.8 Å². The van der Waals surface area contributed by atoms with Gasteiger partial charge in [0.2, 0.25) is 5.91 Å². The summed E-state index contributed by atoms with van der Waals surface area (Å²) in [6.45, 7) is 0.365. The number of carbonyl (C=O) groups excluding carboxylic acids is 1. The third-order valence-electron chi connectivity index (χ3n) is 2.95. The van der Waals surface area contributed by atoms with E-state index in [2.05, 4.69) is 22.1 Å². The molecule has 0 spiro atoms. The van der Waals surface area contributed by atoms with Gasteiger partial charge in [0.05, 0.1) is 11.6 Å². The third kappa shape index (κ3) is 5.16. The second kappa shape index (κ2) is 8.01. The van der Waals surface area contributed by atoms with E-state index in [1.807, 2.05) is 12.1 Å². The molecule has 2 rings (SSSR count). The van der Waals surface area contributed by atoms with E-state index in [0.29, 0.717) is 10.6 Å². The van der Waals surface area contributed by atoms with Crippen LogP contribution in [0.3, 0.4) is 0 Å². The molecule has 0 saturated heterocycles. The molecule has 23 heavy (non-hydrogen) atoms. The van der Waals surface area contributed by atoms with Crippen molar-refractivity contribution in [2.24, 2.45) is 0 Å². The molecule has 6 nitrogen and oxygen atoms in total. The van der Waals surface area contributed by atoms with E-state index < -0.39 is 11.2 Å². The lowest BCUT2D eigenvalue weighted by Crippen LogP contribution is -2.31. The molecular formula is C16H14ClN3O3. The van der Waals surface area contributed by atoms with Crippen molar-refractivity contribution < 1.29 is 4.79 Å². The van der Waals surface area contributed by atoms with Crippen LogP contribution in [0, 0.1) is 11.8 Å².